The van der Waals surface area contributed by atoms with E-state index in [1.165, 1.54) is 25.3 Å². The fourth-order valence-electron chi connectivity index (χ4n) is 4.62. The minimum absolute atomic E-state index is 0.0481. The first kappa shape index (κ1) is 34.1. The summed E-state index contributed by atoms with van der Waals surface area (Å²) in [7, 11) is 1.22. The van der Waals surface area contributed by atoms with Crippen LogP contribution in [0, 0.1) is 5.41 Å². The van der Waals surface area contributed by atoms with Gasteiger partial charge in [0.1, 0.15) is 6.29 Å². The van der Waals surface area contributed by atoms with Crippen molar-refractivity contribution < 1.29 is 43.5 Å². The number of hydrogen-bond donors (Lipinski definition) is 2. The largest absolute Gasteiger partial charge is 0.466 e. The predicted molar refractivity (Wildman–Crippen MR) is 153 cm³/mol. The molecular formula is C32H44O9. The highest BCUT2D eigenvalue weighted by Gasteiger charge is 2.57. The van der Waals surface area contributed by atoms with Gasteiger partial charge in [-0.1, -0.05) is 56.3 Å². The van der Waals surface area contributed by atoms with Gasteiger partial charge in [-0.15, -0.1) is 6.58 Å². The fraction of sp³-hybridized carbons (Fsp3) is 0.531. The quantitative estimate of drug-likeness (QED) is 0.0976. The Bertz CT molecular complexity index is 1060. The first-order chi connectivity index (χ1) is 19.5. The van der Waals surface area contributed by atoms with Crippen molar-refractivity contribution in [3.8, 4) is 0 Å². The summed E-state index contributed by atoms with van der Waals surface area (Å²) in [5, 5.41) is 23.1. The fourth-order valence-corrected chi connectivity index (χ4v) is 4.62. The normalized spacial score (nSPS) is 23.6. The van der Waals surface area contributed by atoms with Gasteiger partial charge in [0.2, 0.25) is 5.79 Å². The summed E-state index contributed by atoms with van der Waals surface area (Å²) in [6.45, 7) is 8.96. The molecule has 2 N–H and O–H groups in total. The minimum atomic E-state index is -2.19. The van der Waals surface area contributed by atoms with Crippen molar-refractivity contribution in [2.24, 2.45) is 5.41 Å². The number of esters is 2. The van der Waals surface area contributed by atoms with E-state index in [2.05, 4.69) is 6.58 Å². The topological polar surface area (TPSA) is 129 Å². The Kier molecular flexibility index (Phi) is 13.6. The molecule has 226 valence electrons. The number of aldehydes is 1. The second-order valence-electron chi connectivity index (χ2n) is 10.8. The van der Waals surface area contributed by atoms with E-state index >= 15 is 0 Å². The molecule has 0 aliphatic carbocycles. The van der Waals surface area contributed by atoms with Gasteiger partial charge in [-0.25, -0.2) is 4.79 Å². The summed E-state index contributed by atoms with van der Waals surface area (Å²) >= 11 is 0. The van der Waals surface area contributed by atoms with Crippen LogP contribution >= 0.6 is 0 Å². The van der Waals surface area contributed by atoms with Gasteiger partial charge in [0, 0.05) is 24.3 Å². The van der Waals surface area contributed by atoms with Crippen LogP contribution in [0.4, 0.5) is 0 Å². The zero-order valence-corrected chi connectivity index (χ0v) is 24.5. The van der Waals surface area contributed by atoms with Crippen molar-refractivity contribution in [3.63, 3.8) is 0 Å². The molecule has 9 heteroatoms. The van der Waals surface area contributed by atoms with E-state index in [4.69, 9.17) is 18.9 Å². The Hall–Kier alpha value is -3.11. The van der Waals surface area contributed by atoms with Crippen molar-refractivity contribution in [1.29, 1.82) is 0 Å². The van der Waals surface area contributed by atoms with E-state index in [-0.39, 0.29) is 24.8 Å². The molecule has 0 bridgehead atoms. The molecule has 0 unspecified atom stereocenters. The Morgan fingerprint density at radius 3 is 2.59 bits per heavy atom. The standard InChI is InChI=1S/C32H44O9/c1-6-7-8-12-16-28(35)40-30-25(20-29(36)38-5)19-26(41-32(30,37)31(3,4)17-13-18-33)21-27(34)23(2)39-22-24-14-10-9-11-15-24/h6,9-11,13-15,17-18,20,23,26-27,30,34,37H,1,7-8,12,16,19,21-22H2,2-5H3/b17-13+,25-20+/t23-,26-,27+,30-,32+/m0/s1. The van der Waals surface area contributed by atoms with Crippen molar-refractivity contribution in [3.05, 3.63) is 72.4 Å². The number of carbonyl (C=O) groups is 3. The molecule has 0 aromatic heterocycles. The zero-order chi connectivity index (χ0) is 30.5. The molecule has 1 aliphatic rings. The summed E-state index contributed by atoms with van der Waals surface area (Å²) in [6.07, 6.45) is 4.71. The second kappa shape index (κ2) is 16.4. The molecule has 5 atom stereocenters. The highest BCUT2D eigenvalue weighted by Crippen LogP contribution is 2.46. The molecule has 0 radical (unpaired) electrons. The second-order valence-corrected chi connectivity index (χ2v) is 10.8. The van der Waals surface area contributed by atoms with E-state index in [1.807, 2.05) is 30.3 Å². The van der Waals surface area contributed by atoms with Gasteiger partial charge < -0.3 is 29.2 Å². The summed E-state index contributed by atoms with van der Waals surface area (Å²) in [4.78, 5) is 36.3. The minimum Gasteiger partial charge on any atom is -0.466 e. The predicted octanol–water partition coefficient (Wildman–Crippen LogP) is 4.36. The molecule has 0 saturated carbocycles. The van der Waals surface area contributed by atoms with Gasteiger partial charge in [0.05, 0.1) is 32.0 Å². The highest BCUT2D eigenvalue weighted by atomic mass is 16.7. The molecule has 9 nitrogen and oxygen atoms in total. The SMILES string of the molecule is C=CCCCCC(=O)O[C@H]1/C(=C/C(=O)OC)C[C@@H](C[C@@H](O)[C@H](C)OCc2ccccc2)O[C@@]1(O)C(C)(C)/C=C/C=O. The summed E-state index contributed by atoms with van der Waals surface area (Å²) in [5.41, 5.74) is -0.0423. The van der Waals surface area contributed by atoms with Crippen LogP contribution in [0.5, 0.6) is 0 Å². The number of rotatable bonds is 16. The van der Waals surface area contributed by atoms with Crippen LogP contribution in [0.3, 0.4) is 0 Å². The van der Waals surface area contributed by atoms with Gasteiger partial charge in [-0.3, -0.25) is 9.59 Å². The van der Waals surface area contributed by atoms with Crippen LogP contribution in [0.2, 0.25) is 0 Å². The van der Waals surface area contributed by atoms with Crippen molar-refractivity contribution in [2.75, 3.05) is 7.11 Å². The van der Waals surface area contributed by atoms with Gasteiger partial charge in [0.25, 0.3) is 0 Å². The maximum atomic E-state index is 12.9. The van der Waals surface area contributed by atoms with Gasteiger partial charge in [0.15, 0.2) is 6.10 Å². The van der Waals surface area contributed by atoms with E-state index in [0.29, 0.717) is 19.3 Å². The number of hydrogen-bond acceptors (Lipinski definition) is 9. The molecule has 1 fully saturated rings. The average molecular weight is 573 g/mol. The number of carbonyl (C=O) groups excluding carboxylic acids is 3. The van der Waals surface area contributed by atoms with Gasteiger partial charge in [-0.2, -0.15) is 0 Å². The highest BCUT2D eigenvalue weighted by molar-refractivity contribution is 5.83. The molecule has 0 spiro atoms. The number of unbranched alkanes of at least 4 members (excludes halogenated alkanes) is 2. The third-order valence-electron chi connectivity index (χ3n) is 7.21. The number of allylic oxidation sites excluding steroid dienone is 2. The summed E-state index contributed by atoms with van der Waals surface area (Å²) < 4.78 is 22.7. The Labute approximate surface area is 242 Å². The third-order valence-corrected chi connectivity index (χ3v) is 7.21. The number of ether oxygens (including phenoxy) is 4. The van der Waals surface area contributed by atoms with Crippen LogP contribution in [-0.2, 0) is 39.9 Å². The Morgan fingerprint density at radius 2 is 1.95 bits per heavy atom. The molecular weight excluding hydrogens is 528 g/mol. The number of methoxy groups -OCH3 is 1. The smallest absolute Gasteiger partial charge is 0.330 e. The number of aliphatic hydroxyl groups excluding tert-OH is 1. The lowest BCUT2D eigenvalue weighted by atomic mass is 9.74. The third kappa shape index (κ3) is 10.0. The molecule has 1 aromatic rings. The molecule has 0 amide bonds. The van der Waals surface area contributed by atoms with Crippen molar-refractivity contribution >= 4 is 18.2 Å². The maximum Gasteiger partial charge on any atom is 0.330 e. The van der Waals surface area contributed by atoms with Gasteiger partial charge >= 0.3 is 11.9 Å². The average Bonchev–Trinajstić information content (AvgIpc) is 2.95. The van der Waals surface area contributed by atoms with E-state index in [1.54, 1.807) is 26.8 Å². The first-order valence-electron chi connectivity index (χ1n) is 13.9. The summed E-state index contributed by atoms with van der Waals surface area (Å²) in [6, 6.07) is 9.54. The molecule has 41 heavy (non-hydrogen) atoms. The van der Waals surface area contributed by atoms with Crippen LogP contribution in [-0.4, -0.2) is 65.8 Å². The Balaban J connectivity index is 2.34. The van der Waals surface area contributed by atoms with Gasteiger partial charge in [-0.05, 0) is 49.8 Å². The Morgan fingerprint density at radius 1 is 1.24 bits per heavy atom. The van der Waals surface area contributed by atoms with Crippen molar-refractivity contribution in [1.82, 2.24) is 0 Å². The zero-order valence-electron chi connectivity index (χ0n) is 24.5. The van der Waals surface area contributed by atoms with E-state index in [9.17, 15) is 24.6 Å². The van der Waals surface area contributed by atoms with Crippen LogP contribution < -0.4 is 0 Å². The lowest BCUT2D eigenvalue weighted by Crippen LogP contribution is -2.62. The molecule has 1 heterocycles. The lowest BCUT2D eigenvalue weighted by Gasteiger charge is -2.50. The molecule has 1 aliphatic heterocycles. The first-order valence-corrected chi connectivity index (χ1v) is 13.9. The van der Waals surface area contributed by atoms with E-state index in [0.717, 1.165) is 18.4 Å². The van der Waals surface area contributed by atoms with Crippen LogP contribution in [0.15, 0.2) is 66.8 Å². The number of aliphatic hydroxyl groups is 2. The van der Waals surface area contributed by atoms with E-state index < -0.39 is 47.6 Å². The van der Waals surface area contributed by atoms with Crippen LogP contribution in [0.1, 0.15) is 64.9 Å². The van der Waals surface area contributed by atoms with Crippen molar-refractivity contribution in [2.45, 2.75) is 96.1 Å². The molecule has 2 rings (SSSR count). The molecule has 1 aromatic carbocycles. The summed E-state index contributed by atoms with van der Waals surface area (Å²) in [5.74, 6) is -3.47. The monoisotopic (exact) mass is 572 g/mol. The van der Waals surface area contributed by atoms with Crippen LogP contribution in [0.25, 0.3) is 0 Å². The maximum absolute atomic E-state index is 12.9. The lowest BCUT2D eigenvalue weighted by molar-refractivity contribution is -0.327. The number of benzene rings is 1. The molecule has 1 saturated heterocycles.